The molecule has 3 nitrogen and oxygen atoms in total. The van der Waals surface area contributed by atoms with Crippen molar-refractivity contribution in [3.63, 3.8) is 0 Å². The number of hydrogen-bond donors (Lipinski definition) is 1. The summed E-state index contributed by atoms with van der Waals surface area (Å²) in [6.45, 7) is 0. The van der Waals surface area contributed by atoms with E-state index in [-0.39, 0.29) is 10.6 Å². The molecule has 2 rings (SSSR count). The highest BCUT2D eigenvalue weighted by Gasteiger charge is 2.17. The van der Waals surface area contributed by atoms with E-state index in [4.69, 9.17) is 5.73 Å². The second-order valence-corrected chi connectivity index (χ2v) is 5.96. The van der Waals surface area contributed by atoms with Crippen LogP contribution in [0.15, 0.2) is 47.4 Å². The molecule has 0 aliphatic rings. The minimum atomic E-state index is -3.47. The number of hydrogen-bond acceptors (Lipinski definition) is 3. The van der Waals surface area contributed by atoms with Gasteiger partial charge in [0.2, 0.25) is 0 Å². The van der Waals surface area contributed by atoms with E-state index in [1.165, 1.54) is 24.3 Å². The molecule has 18 heavy (non-hydrogen) atoms. The summed E-state index contributed by atoms with van der Waals surface area (Å²) in [4.78, 5) is 0.0376. The lowest BCUT2D eigenvalue weighted by Gasteiger charge is -2.10. The molecular formula is C13H12FNO2S. The number of anilines is 1. The van der Waals surface area contributed by atoms with Crippen LogP contribution in [0.1, 0.15) is 0 Å². The van der Waals surface area contributed by atoms with E-state index >= 15 is 0 Å². The maximum absolute atomic E-state index is 13.2. The third-order valence-corrected chi connectivity index (χ3v) is 3.75. The van der Waals surface area contributed by atoms with Gasteiger partial charge in [0.1, 0.15) is 5.82 Å². The van der Waals surface area contributed by atoms with Crippen LogP contribution < -0.4 is 5.73 Å². The molecule has 0 aliphatic heterocycles. The molecular weight excluding hydrogens is 253 g/mol. The van der Waals surface area contributed by atoms with Crippen molar-refractivity contribution in [2.45, 2.75) is 4.90 Å². The molecule has 5 heteroatoms. The van der Waals surface area contributed by atoms with Gasteiger partial charge in [0.15, 0.2) is 9.84 Å². The molecule has 2 aromatic rings. The molecule has 94 valence electrons. The summed E-state index contributed by atoms with van der Waals surface area (Å²) in [5.41, 5.74) is 6.78. The number of benzene rings is 2. The van der Waals surface area contributed by atoms with Crippen LogP contribution in [0.2, 0.25) is 0 Å². The Morgan fingerprint density at radius 2 is 1.78 bits per heavy atom. The highest BCUT2D eigenvalue weighted by molar-refractivity contribution is 7.91. The quantitative estimate of drug-likeness (QED) is 0.849. The predicted molar refractivity (Wildman–Crippen MR) is 69.4 cm³/mol. The summed E-state index contributed by atoms with van der Waals surface area (Å²) >= 11 is 0. The minimum absolute atomic E-state index is 0.0376. The van der Waals surface area contributed by atoms with Gasteiger partial charge in [-0.3, -0.25) is 0 Å². The lowest BCUT2D eigenvalue weighted by atomic mass is 10.1. The van der Waals surface area contributed by atoms with Crippen molar-refractivity contribution in [3.8, 4) is 11.1 Å². The van der Waals surface area contributed by atoms with Gasteiger partial charge in [-0.25, -0.2) is 12.8 Å². The Kier molecular flexibility index (Phi) is 3.09. The summed E-state index contributed by atoms with van der Waals surface area (Å²) < 4.78 is 36.7. The van der Waals surface area contributed by atoms with Crippen molar-refractivity contribution < 1.29 is 12.8 Å². The number of sulfone groups is 1. The smallest absolute Gasteiger partial charge is 0.178 e. The van der Waals surface area contributed by atoms with Gasteiger partial charge in [0.05, 0.1) is 10.6 Å². The first-order valence-electron chi connectivity index (χ1n) is 5.24. The van der Waals surface area contributed by atoms with E-state index < -0.39 is 15.7 Å². The first-order valence-corrected chi connectivity index (χ1v) is 7.13. The highest BCUT2D eigenvalue weighted by atomic mass is 32.2. The van der Waals surface area contributed by atoms with Gasteiger partial charge in [-0.15, -0.1) is 0 Å². The standard InChI is InChI=1S/C13H12FNO2S/c1-18(16,17)13-11(6-3-7-12(13)15)9-4-2-5-10(14)8-9/h2-8H,15H2,1H3. The Morgan fingerprint density at radius 1 is 1.11 bits per heavy atom. The summed E-state index contributed by atoms with van der Waals surface area (Å²) in [6.07, 6.45) is 1.08. The Balaban J connectivity index is 2.77. The molecule has 0 radical (unpaired) electrons. The molecule has 0 saturated heterocycles. The van der Waals surface area contributed by atoms with Gasteiger partial charge in [-0.2, -0.15) is 0 Å². The molecule has 2 aromatic carbocycles. The van der Waals surface area contributed by atoms with Crippen LogP contribution >= 0.6 is 0 Å². The van der Waals surface area contributed by atoms with Crippen LogP contribution in [0, 0.1) is 5.82 Å². The molecule has 0 heterocycles. The van der Waals surface area contributed by atoms with Crippen molar-refractivity contribution in [2.75, 3.05) is 12.0 Å². The van der Waals surface area contributed by atoms with Gasteiger partial charge in [-0.1, -0.05) is 24.3 Å². The van der Waals surface area contributed by atoms with E-state index in [0.29, 0.717) is 11.1 Å². The first-order chi connectivity index (χ1) is 8.39. The molecule has 2 N–H and O–H groups in total. The van der Waals surface area contributed by atoms with Crippen LogP contribution in [0.25, 0.3) is 11.1 Å². The van der Waals surface area contributed by atoms with Crippen molar-refractivity contribution >= 4 is 15.5 Å². The zero-order valence-corrected chi connectivity index (χ0v) is 10.5. The molecule has 0 unspecified atom stereocenters. The molecule has 0 bridgehead atoms. The second-order valence-electron chi connectivity index (χ2n) is 4.01. The lowest BCUT2D eigenvalue weighted by molar-refractivity contribution is 0.602. The molecule has 0 atom stereocenters. The number of rotatable bonds is 2. The molecule has 0 spiro atoms. The van der Waals surface area contributed by atoms with Gasteiger partial charge >= 0.3 is 0 Å². The summed E-state index contributed by atoms with van der Waals surface area (Å²) in [6, 6.07) is 10.5. The van der Waals surface area contributed by atoms with E-state index in [1.54, 1.807) is 18.2 Å². The van der Waals surface area contributed by atoms with Gasteiger partial charge in [-0.05, 0) is 23.8 Å². The van der Waals surface area contributed by atoms with Crippen LogP contribution in [0.4, 0.5) is 10.1 Å². The van der Waals surface area contributed by atoms with Crippen molar-refractivity contribution in [1.29, 1.82) is 0 Å². The summed E-state index contributed by atoms with van der Waals surface area (Å²) in [5, 5.41) is 0. The minimum Gasteiger partial charge on any atom is -0.398 e. The largest absolute Gasteiger partial charge is 0.398 e. The van der Waals surface area contributed by atoms with Crippen molar-refractivity contribution in [2.24, 2.45) is 0 Å². The maximum Gasteiger partial charge on any atom is 0.178 e. The van der Waals surface area contributed by atoms with Crippen LogP contribution in [0.5, 0.6) is 0 Å². The average Bonchev–Trinajstić information content (AvgIpc) is 2.27. The van der Waals surface area contributed by atoms with Gasteiger partial charge in [0, 0.05) is 11.8 Å². The highest BCUT2D eigenvalue weighted by Crippen LogP contribution is 2.31. The van der Waals surface area contributed by atoms with E-state index in [9.17, 15) is 12.8 Å². The normalized spacial score (nSPS) is 11.4. The maximum atomic E-state index is 13.2. The fourth-order valence-corrected chi connectivity index (χ4v) is 2.93. The summed E-state index contributed by atoms with van der Waals surface area (Å²) in [5.74, 6) is -0.422. The molecule has 0 aliphatic carbocycles. The van der Waals surface area contributed by atoms with Crippen LogP contribution in [-0.4, -0.2) is 14.7 Å². The predicted octanol–water partition coefficient (Wildman–Crippen LogP) is 2.48. The first kappa shape index (κ1) is 12.6. The Morgan fingerprint density at radius 3 is 2.39 bits per heavy atom. The molecule has 0 saturated carbocycles. The monoisotopic (exact) mass is 265 g/mol. The molecule has 0 fully saturated rings. The summed E-state index contributed by atoms with van der Waals surface area (Å²) in [7, 11) is -3.47. The topological polar surface area (TPSA) is 60.2 Å². The second kappa shape index (κ2) is 4.42. The van der Waals surface area contributed by atoms with Crippen LogP contribution in [-0.2, 0) is 9.84 Å². The van der Waals surface area contributed by atoms with Crippen molar-refractivity contribution in [3.05, 3.63) is 48.3 Å². The zero-order chi connectivity index (χ0) is 13.3. The van der Waals surface area contributed by atoms with Gasteiger partial charge in [0.25, 0.3) is 0 Å². The Bertz CT molecular complexity index is 696. The number of halogens is 1. The lowest BCUT2D eigenvalue weighted by Crippen LogP contribution is -2.04. The van der Waals surface area contributed by atoms with Gasteiger partial charge < -0.3 is 5.73 Å². The van der Waals surface area contributed by atoms with E-state index in [2.05, 4.69) is 0 Å². The fourth-order valence-electron chi connectivity index (χ4n) is 1.85. The third-order valence-electron chi connectivity index (χ3n) is 2.55. The number of nitrogens with two attached hydrogens (primary N) is 1. The van der Waals surface area contributed by atoms with Crippen LogP contribution in [0.3, 0.4) is 0 Å². The Hall–Kier alpha value is -1.88. The zero-order valence-electron chi connectivity index (χ0n) is 9.72. The molecule has 0 aromatic heterocycles. The third kappa shape index (κ3) is 2.36. The average molecular weight is 265 g/mol. The fraction of sp³-hybridized carbons (Fsp3) is 0.0769. The Labute approximate surface area is 105 Å². The van der Waals surface area contributed by atoms with Crippen molar-refractivity contribution in [1.82, 2.24) is 0 Å². The van der Waals surface area contributed by atoms with E-state index in [0.717, 1.165) is 6.26 Å². The van der Waals surface area contributed by atoms with E-state index in [1.807, 2.05) is 0 Å². The SMILES string of the molecule is CS(=O)(=O)c1c(N)cccc1-c1cccc(F)c1. The number of nitrogen functional groups attached to an aromatic ring is 1. The molecule has 0 amide bonds.